The molecule has 2 N–H and O–H groups in total. The molecule has 0 spiro atoms. The maximum Gasteiger partial charge on any atom is 0.342 e. The van der Waals surface area contributed by atoms with Crippen LogP contribution in [0, 0.1) is 18.8 Å². The van der Waals surface area contributed by atoms with Crippen molar-refractivity contribution >= 4 is 45.8 Å². The van der Waals surface area contributed by atoms with Gasteiger partial charge in [0.05, 0.1) is 30.1 Å². The summed E-state index contributed by atoms with van der Waals surface area (Å²) >= 11 is 7.28. The molecule has 9 heteroatoms. The molecule has 2 bridgehead atoms. The Balaban J connectivity index is 1.71. The fourth-order valence-electron chi connectivity index (χ4n) is 4.58. The predicted molar refractivity (Wildman–Crippen MR) is 121 cm³/mol. The zero-order valence-electron chi connectivity index (χ0n) is 17.9. The van der Waals surface area contributed by atoms with E-state index in [1.54, 1.807) is 38.1 Å². The Labute approximate surface area is 194 Å². The van der Waals surface area contributed by atoms with E-state index < -0.39 is 41.9 Å². The number of carboxylic acids is 1. The third-order valence-electron chi connectivity index (χ3n) is 5.86. The number of aryl methyl sites for hydroxylation is 1. The fraction of sp³-hybridized carbons (Fsp3) is 0.435. The van der Waals surface area contributed by atoms with E-state index in [9.17, 15) is 19.5 Å². The second-order valence-electron chi connectivity index (χ2n) is 8.37. The van der Waals surface area contributed by atoms with Crippen molar-refractivity contribution in [3.63, 3.8) is 0 Å². The molecule has 1 amide bonds. The van der Waals surface area contributed by atoms with E-state index in [0.29, 0.717) is 28.4 Å². The van der Waals surface area contributed by atoms with Crippen LogP contribution in [0.15, 0.2) is 24.3 Å². The number of rotatable bonds is 6. The summed E-state index contributed by atoms with van der Waals surface area (Å²) in [7, 11) is 0. The minimum atomic E-state index is -1.04. The number of carboxylic acid groups (broad SMARTS) is 1. The summed E-state index contributed by atoms with van der Waals surface area (Å²) in [4.78, 5) is 38.8. The summed E-state index contributed by atoms with van der Waals surface area (Å²) in [5.74, 6) is -3.74. The quantitative estimate of drug-likeness (QED) is 0.581. The van der Waals surface area contributed by atoms with E-state index in [4.69, 9.17) is 21.1 Å². The van der Waals surface area contributed by atoms with Gasteiger partial charge in [0.15, 0.2) is 0 Å². The summed E-state index contributed by atoms with van der Waals surface area (Å²) in [6, 6.07) is 7.07. The van der Waals surface area contributed by atoms with E-state index in [-0.39, 0.29) is 11.7 Å². The van der Waals surface area contributed by atoms with Gasteiger partial charge in [0, 0.05) is 15.5 Å². The normalized spacial score (nSPS) is 24.0. The highest BCUT2D eigenvalue weighted by Crippen LogP contribution is 2.46. The Morgan fingerprint density at radius 1 is 1.16 bits per heavy atom. The second kappa shape index (κ2) is 8.84. The van der Waals surface area contributed by atoms with Crippen molar-refractivity contribution in [3.05, 3.63) is 39.7 Å². The fourth-order valence-corrected chi connectivity index (χ4v) is 5.78. The lowest BCUT2D eigenvalue weighted by Crippen LogP contribution is -2.41. The van der Waals surface area contributed by atoms with Crippen molar-refractivity contribution in [2.75, 3.05) is 5.32 Å². The number of aliphatic carboxylic acids is 1. The van der Waals surface area contributed by atoms with Gasteiger partial charge in [-0.1, -0.05) is 23.7 Å². The zero-order chi connectivity index (χ0) is 23.2. The lowest BCUT2D eigenvalue weighted by atomic mass is 9.78. The molecule has 4 rings (SSSR count). The number of hydrogen-bond acceptors (Lipinski definition) is 6. The first-order valence-electron chi connectivity index (χ1n) is 10.5. The number of amides is 1. The highest BCUT2D eigenvalue weighted by molar-refractivity contribution is 7.17. The molecule has 1 aromatic carbocycles. The Bertz CT molecular complexity index is 1060. The summed E-state index contributed by atoms with van der Waals surface area (Å²) in [5.41, 5.74) is 1.69. The molecule has 2 saturated heterocycles. The van der Waals surface area contributed by atoms with Crippen molar-refractivity contribution < 1.29 is 29.0 Å². The van der Waals surface area contributed by atoms with Gasteiger partial charge in [0.25, 0.3) is 0 Å². The number of anilines is 1. The van der Waals surface area contributed by atoms with E-state index >= 15 is 0 Å². The maximum atomic E-state index is 13.2. The van der Waals surface area contributed by atoms with Crippen LogP contribution in [0.3, 0.4) is 0 Å². The number of thiophene rings is 1. The van der Waals surface area contributed by atoms with Crippen LogP contribution in [0.1, 0.15) is 41.9 Å². The molecule has 4 atom stereocenters. The summed E-state index contributed by atoms with van der Waals surface area (Å²) < 4.78 is 11.2. The summed E-state index contributed by atoms with van der Waals surface area (Å²) in [6.45, 7) is 5.36. The lowest BCUT2D eigenvalue weighted by molar-refractivity contribution is -0.147. The highest BCUT2D eigenvalue weighted by Gasteiger charge is 2.55. The van der Waals surface area contributed by atoms with Crippen LogP contribution < -0.4 is 5.32 Å². The molecule has 3 heterocycles. The average Bonchev–Trinajstić information content (AvgIpc) is 3.41. The number of hydrogen-bond donors (Lipinski definition) is 2. The van der Waals surface area contributed by atoms with Crippen molar-refractivity contribution in [2.45, 2.75) is 51.9 Å². The van der Waals surface area contributed by atoms with Crippen LogP contribution in [0.2, 0.25) is 5.02 Å². The third kappa shape index (κ3) is 4.14. The summed E-state index contributed by atoms with van der Waals surface area (Å²) in [6.07, 6.45) is 0.0572. The van der Waals surface area contributed by atoms with Gasteiger partial charge >= 0.3 is 11.9 Å². The molecule has 7 nitrogen and oxygen atoms in total. The molecule has 2 aliphatic rings. The Morgan fingerprint density at radius 2 is 1.78 bits per heavy atom. The third-order valence-corrected chi connectivity index (χ3v) is 7.13. The zero-order valence-corrected chi connectivity index (χ0v) is 19.5. The number of benzene rings is 1. The van der Waals surface area contributed by atoms with Gasteiger partial charge < -0.3 is 19.9 Å². The lowest BCUT2D eigenvalue weighted by Gasteiger charge is -2.23. The standard InChI is InChI=1S/C23H24ClNO6S/c1-10(2)30-23(29)19-16(12-4-6-13(24)7-5-12)11(3)32-21(19)25-20(26)17-14-8-9-15(31-14)18(17)22(27)28/h4-7,10,14-15,17-18H,8-9H2,1-3H3,(H,25,26)(H,27,28)/t14-,15-,17+,18+/m1/s1. The topological polar surface area (TPSA) is 102 Å². The van der Waals surface area contributed by atoms with Gasteiger partial charge in [-0.05, 0) is 51.3 Å². The van der Waals surface area contributed by atoms with Crippen molar-refractivity contribution in [2.24, 2.45) is 11.8 Å². The Hall–Kier alpha value is -2.42. The molecule has 2 fully saturated rings. The minimum absolute atomic E-state index is 0.257. The molecule has 0 radical (unpaired) electrons. The van der Waals surface area contributed by atoms with Crippen molar-refractivity contribution in [1.82, 2.24) is 0 Å². The van der Waals surface area contributed by atoms with E-state index in [1.807, 2.05) is 6.92 Å². The van der Waals surface area contributed by atoms with E-state index in [1.165, 1.54) is 11.3 Å². The molecule has 1 aromatic heterocycles. The number of fused-ring (bicyclic) bond motifs is 2. The smallest absolute Gasteiger partial charge is 0.342 e. The largest absolute Gasteiger partial charge is 0.481 e. The van der Waals surface area contributed by atoms with Crippen LogP contribution in [-0.2, 0) is 19.1 Å². The monoisotopic (exact) mass is 477 g/mol. The van der Waals surface area contributed by atoms with Gasteiger partial charge in [0.2, 0.25) is 5.91 Å². The molecule has 2 aliphatic heterocycles. The number of carbonyl (C=O) groups excluding carboxylic acids is 2. The highest BCUT2D eigenvalue weighted by atomic mass is 35.5. The molecule has 2 aromatic rings. The molecule has 0 unspecified atom stereocenters. The van der Waals surface area contributed by atoms with Crippen molar-refractivity contribution in [1.29, 1.82) is 0 Å². The number of nitrogens with one attached hydrogen (secondary N) is 1. The first-order chi connectivity index (χ1) is 15.2. The maximum absolute atomic E-state index is 13.2. The van der Waals surface area contributed by atoms with Gasteiger partial charge in [-0.15, -0.1) is 11.3 Å². The number of ether oxygens (including phenoxy) is 2. The van der Waals surface area contributed by atoms with Gasteiger partial charge in [-0.3, -0.25) is 9.59 Å². The first-order valence-corrected chi connectivity index (χ1v) is 11.7. The van der Waals surface area contributed by atoms with E-state index in [0.717, 1.165) is 10.4 Å². The van der Waals surface area contributed by atoms with E-state index in [2.05, 4.69) is 5.32 Å². The summed E-state index contributed by atoms with van der Waals surface area (Å²) in [5, 5.41) is 13.4. The molecule has 0 saturated carbocycles. The SMILES string of the molecule is Cc1sc(NC(=O)[C@@H]2[C@@H](C(=O)O)[C@H]3CC[C@H]2O3)c(C(=O)OC(C)C)c1-c1ccc(Cl)cc1. The molecule has 32 heavy (non-hydrogen) atoms. The van der Waals surface area contributed by atoms with Gasteiger partial charge in [-0.25, -0.2) is 4.79 Å². The van der Waals surface area contributed by atoms with Crippen LogP contribution in [0.4, 0.5) is 5.00 Å². The number of carbonyl (C=O) groups is 3. The minimum Gasteiger partial charge on any atom is -0.481 e. The van der Waals surface area contributed by atoms with Gasteiger partial charge in [0.1, 0.15) is 10.6 Å². The molecule has 0 aliphatic carbocycles. The van der Waals surface area contributed by atoms with Crippen LogP contribution in [-0.4, -0.2) is 41.3 Å². The second-order valence-corrected chi connectivity index (χ2v) is 10.0. The molecule has 170 valence electrons. The van der Waals surface area contributed by atoms with Crippen LogP contribution in [0.5, 0.6) is 0 Å². The average molecular weight is 478 g/mol. The Kier molecular flexibility index (Phi) is 6.29. The van der Waals surface area contributed by atoms with Crippen LogP contribution in [0.25, 0.3) is 11.1 Å². The van der Waals surface area contributed by atoms with Gasteiger partial charge in [-0.2, -0.15) is 0 Å². The number of esters is 1. The number of halogens is 1. The van der Waals surface area contributed by atoms with Crippen molar-refractivity contribution in [3.8, 4) is 11.1 Å². The van der Waals surface area contributed by atoms with Crippen LogP contribution >= 0.6 is 22.9 Å². The Morgan fingerprint density at radius 3 is 2.38 bits per heavy atom. The molecular formula is C23H24ClNO6S. The first kappa shape index (κ1) is 22.8. The predicted octanol–water partition coefficient (Wildman–Crippen LogP) is 4.76. The molecular weight excluding hydrogens is 454 g/mol.